The van der Waals surface area contributed by atoms with Gasteiger partial charge in [-0.1, -0.05) is 0 Å². The first-order chi connectivity index (χ1) is 6.27. The maximum Gasteiger partial charge on any atom is 0.228 e. The molecule has 0 unspecified atom stereocenters. The van der Waals surface area contributed by atoms with Gasteiger partial charge in [0.05, 0.1) is 0 Å². The molecule has 68 valence electrons. The van der Waals surface area contributed by atoms with E-state index >= 15 is 0 Å². The molecule has 0 atom stereocenters. The molecule has 1 aliphatic heterocycles. The van der Waals surface area contributed by atoms with Gasteiger partial charge in [-0.15, -0.1) is 0 Å². The molecule has 1 aromatic rings. The van der Waals surface area contributed by atoms with Crippen molar-refractivity contribution in [2.45, 2.75) is 12.8 Å². The zero-order valence-electron chi connectivity index (χ0n) is 6.90. The molecule has 1 aromatic heterocycles. The van der Waals surface area contributed by atoms with Crippen molar-refractivity contribution in [3.05, 3.63) is 17.0 Å². The van der Waals surface area contributed by atoms with Gasteiger partial charge in [0.2, 0.25) is 5.91 Å². The van der Waals surface area contributed by atoms with E-state index in [1.165, 1.54) is 0 Å². The molecule has 0 radical (unpaired) electrons. The Hall–Kier alpha value is -0.970. The van der Waals surface area contributed by atoms with Crippen molar-refractivity contribution in [2.24, 2.45) is 0 Å². The van der Waals surface area contributed by atoms with Crippen LogP contribution in [0.4, 0.5) is 5.82 Å². The lowest BCUT2D eigenvalue weighted by atomic mass is 10.4. The summed E-state index contributed by atoms with van der Waals surface area (Å²) < 4.78 is 0.518. The minimum Gasteiger partial charge on any atom is -0.297 e. The lowest BCUT2D eigenvalue weighted by Crippen LogP contribution is -2.24. The molecule has 13 heavy (non-hydrogen) atoms. The van der Waals surface area contributed by atoms with Crippen LogP contribution in [0.3, 0.4) is 0 Å². The number of amides is 1. The largest absolute Gasteiger partial charge is 0.297 e. The van der Waals surface area contributed by atoms with Gasteiger partial charge in [0.15, 0.2) is 4.73 Å². The Balaban J connectivity index is 2.29. The van der Waals surface area contributed by atoms with E-state index in [1.54, 1.807) is 17.2 Å². The van der Waals surface area contributed by atoms with Gasteiger partial charge in [-0.3, -0.25) is 9.69 Å². The Morgan fingerprint density at radius 2 is 2.38 bits per heavy atom. The van der Waals surface area contributed by atoms with Crippen LogP contribution in [0.25, 0.3) is 0 Å². The highest BCUT2D eigenvalue weighted by Gasteiger charge is 2.22. The summed E-state index contributed by atoms with van der Waals surface area (Å²) in [4.78, 5) is 21.0. The highest BCUT2D eigenvalue weighted by Crippen LogP contribution is 2.19. The fourth-order valence-electron chi connectivity index (χ4n) is 1.37. The monoisotopic (exact) mass is 241 g/mol. The summed E-state index contributed by atoms with van der Waals surface area (Å²) >= 11 is 3.17. The van der Waals surface area contributed by atoms with Crippen molar-refractivity contribution in [3.63, 3.8) is 0 Å². The molecule has 2 rings (SSSR count). The van der Waals surface area contributed by atoms with Crippen LogP contribution < -0.4 is 4.90 Å². The summed E-state index contributed by atoms with van der Waals surface area (Å²) in [5.41, 5.74) is 0. The third-order valence-corrected chi connectivity index (χ3v) is 2.34. The van der Waals surface area contributed by atoms with Gasteiger partial charge in [-0.05, 0) is 28.4 Å². The van der Waals surface area contributed by atoms with E-state index in [4.69, 9.17) is 0 Å². The Bertz CT molecular complexity index is 342. The van der Waals surface area contributed by atoms with Gasteiger partial charge >= 0.3 is 0 Å². The highest BCUT2D eigenvalue weighted by atomic mass is 79.9. The molecular weight excluding hydrogens is 234 g/mol. The van der Waals surface area contributed by atoms with E-state index < -0.39 is 0 Å². The number of hydrogen-bond acceptors (Lipinski definition) is 3. The normalized spacial score (nSPS) is 16.7. The van der Waals surface area contributed by atoms with Gasteiger partial charge in [0.1, 0.15) is 5.82 Å². The molecule has 0 bridgehead atoms. The number of nitrogens with zero attached hydrogens (tertiary/aromatic N) is 3. The molecule has 2 heterocycles. The van der Waals surface area contributed by atoms with Crippen LogP contribution in [-0.2, 0) is 4.79 Å². The second-order valence-electron chi connectivity index (χ2n) is 2.83. The first-order valence-corrected chi connectivity index (χ1v) is 4.85. The number of rotatable bonds is 1. The summed E-state index contributed by atoms with van der Waals surface area (Å²) in [5.74, 6) is 0.829. The van der Waals surface area contributed by atoms with Crippen LogP contribution >= 0.6 is 15.9 Å². The van der Waals surface area contributed by atoms with Crippen LogP contribution in [-0.4, -0.2) is 22.4 Å². The zero-order chi connectivity index (χ0) is 9.26. The number of hydrogen-bond donors (Lipinski definition) is 0. The first-order valence-electron chi connectivity index (χ1n) is 4.06. The fourth-order valence-corrected chi connectivity index (χ4v) is 1.67. The van der Waals surface area contributed by atoms with Crippen molar-refractivity contribution in [2.75, 3.05) is 11.4 Å². The smallest absolute Gasteiger partial charge is 0.228 e. The Labute approximate surface area is 84.1 Å². The molecule has 1 amide bonds. The van der Waals surface area contributed by atoms with Gasteiger partial charge in [0.25, 0.3) is 0 Å². The van der Waals surface area contributed by atoms with Crippen molar-refractivity contribution in [1.82, 2.24) is 9.97 Å². The molecule has 0 aromatic carbocycles. The second kappa shape index (κ2) is 3.41. The molecule has 4 nitrogen and oxygen atoms in total. The van der Waals surface area contributed by atoms with Crippen LogP contribution in [0.2, 0.25) is 0 Å². The SMILES string of the molecule is O=C1CCCN1c1ccnc(Br)n1. The van der Waals surface area contributed by atoms with E-state index in [2.05, 4.69) is 25.9 Å². The molecule has 0 saturated carbocycles. The third-order valence-electron chi connectivity index (χ3n) is 1.96. The Morgan fingerprint density at radius 1 is 1.54 bits per heavy atom. The number of carbonyl (C=O) groups is 1. The summed E-state index contributed by atoms with van der Waals surface area (Å²) in [6.45, 7) is 0.766. The minimum absolute atomic E-state index is 0.144. The zero-order valence-corrected chi connectivity index (χ0v) is 8.49. The molecular formula is C8H8BrN3O. The molecule has 1 fully saturated rings. The third kappa shape index (κ3) is 1.70. The number of halogens is 1. The van der Waals surface area contributed by atoms with E-state index in [0.717, 1.165) is 13.0 Å². The standard InChI is InChI=1S/C8H8BrN3O/c9-8-10-4-3-6(11-8)12-5-1-2-7(12)13/h3-4H,1-2,5H2. The lowest BCUT2D eigenvalue weighted by molar-refractivity contribution is -0.117. The minimum atomic E-state index is 0.144. The molecule has 1 aliphatic rings. The molecule has 0 N–H and O–H groups in total. The highest BCUT2D eigenvalue weighted by molar-refractivity contribution is 9.10. The van der Waals surface area contributed by atoms with Crippen LogP contribution in [0.1, 0.15) is 12.8 Å². The summed E-state index contributed by atoms with van der Waals surface area (Å²) in [7, 11) is 0. The van der Waals surface area contributed by atoms with E-state index in [0.29, 0.717) is 17.0 Å². The predicted molar refractivity (Wildman–Crippen MR) is 51.3 cm³/mol. The average molecular weight is 242 g/mol. The van der Waals surface area contributed by atoms with Crippen molar-refractivity contribution < 1.29 is 4.79 Å². The predicted octanol–water partition coefficient (Wildman–Crippen LogP) is 1.37. The maximum atomic E-state index is 11.3. The summed E-state index contributed by atoms with van der Waals surface area (Å²) in [6.07, 6.45) is 3.18. The van der Waals surface area contributed by atoms with E-state index in [9.17, 15) is 4.79 Å². The van der Waals surface area contributed by atoms with Gasteiger partial charge in [0, 0.05) is 19.2 Å². The van der Waals surface area contributed by atoms with E-state index in [-0.39, 0.29) is 5.91 Å². The van der Waals surface area contributed by atoms with Gasteiger partial charge in [-0.2, -0.15) is 0 Å². The van der Waals surface area contributed by atoms with Gasteiger partial charge in [-0.25, -0.2) is 9.97 Å². The van der Waals surface area contributed by atoms with Crippen LogP contribution in [0, 0.1) is 0 Å². The fraction of sp³-hybridized carbons (Fsp3) is 0.375. The lowest BCUT2D eigenvalue weighted by Gasteiger charge is -2.13. The first kappa shape index (κ1) is 8.62. The Morgan fingerprint density at radius 3 is 3.00 bits per heavy atom. The van der Waals surface area contributed by atoms with Crippen molar-refractivity contribution in [1.29, 1.82) is 0 Å². The average Bonchev–Trinajstić information content (AvgIpc) is 2.51. The number of anilines is 1. The summed E-state index contributed by atoms with van der Waals surface area (Å²) in [5, 5.41) is 0. The number of carbonyl (C=O) groups excluding carboxylic acids is 1. The summed E-state index contributed by atoms with van der Waals surface area (Å²) in [6, 6.07) is 1.74. The van der Waals surface area contributed by atoms with Crippen LogP contribution in [0.5, 0.6) is 0 Å². The second-order valence-corrected chi connectivity index (χ2v) is 3.54. The topological polar surface area (TPSA) is 46.1 Å². The van der Waals surface area contributed by atoms with Gasteiger partial charge < -0.3 is 0 Å². The van der Waals surface area contributed by atoms with E-state index in [1.807, 2.05) is 0 Å². The van der Waals surface area contributed by atoms with Crippen molar-refractivity contribution >= 4 is 27.7 Å². The Kier molecular flexibility index (Phi) is 2.26. The molecule has 1 saturated heterocycles. The van der Waals surface area contributed by atoms with Crippen LogP contribution in [0.15, 0.2) is 17.0 Å². The molecule has 5 heteroatoms. The maximum absolute atomic E-state index is 11.3. The van der Waals surface area contributed by atoms with Crippen molar-refractivity contribution in [3.8, 4) is 0 Å². The molecule has 0 spiro atoms. The quantitative estimate of drug-likeness (QED) is 0.698. The number of aromatic nitrogens is 2. The molecule has 0 aliphatic carbocycles.